The van der Waals surface area contributed by atoms with Gasteiger partial charge >= 0.3 is 6.18 Å². The number of rotatable bonds is 5. The highest BCUT2D eigenvalue weighted by atomic mass is 35.5. The second-order valence-electron chi connectivity index (χ2n) is 9.52. The van der Waals surface area contributed by atoms with E-state index in [4.69, 9.17) is 27.6 Å². The lowest BCUT2D eigenvalue weighted by molar-refractivity contribution is -0.141. The van der Waals surface area contributed by atoms with Crippen LogP contribution in [0, 0.1) is 5.41 Å². The van der Waals surface area contributed by atoms with Crippen molar-refractivity contribution in [3.8, 4) is 0 Å². The second-order valence-corrected chi connectivity index (χ2v) is 11.2. The van der Waals surface area contributed by atoms with Gasteiger partial charge in [-0.2, -0.15) is 13.2 Å². The number of carbonyl (C=O) groups is 1. The van der Waals surface area contributed by atoms with E-state index in [2.05, 4.69) is 25.1 Å². The van der Waals surface area contributed by atoms with E-state index in [0.29, 0.717) is 59.3 Å². The van der Waals surface area contributed by atoms with Crippen molar-refractivity contribution in [1.29, 1.82) is 0 Å². The van der Waals surface area contributed by atoms with Gasteiger partial charge in [-0.15, -0.1) is 21.5 Å². The summed E-state index contributed by atoms with van der Waals surface area (Å²) in [6.45, 7) is 1.29. The fourth-order valence-electron chi connectivity index (χ4n) is 5.08. The van der Waals surface area contributed by atoms with Gasteiger partial charge < -0.3 is 14.2 Å². The molecule has 0 N–H and O–H groups in total. The van der Waals surface area contributed by atoms with Crippen molar-refractivity contribution in [3.63, 3.8) is 0 Å². The Morgan fingerprint density at radius 3 is 2.69 bits per heavy atom. The van der Waals surface area contributed by atoms with Crippen molar-refractivity contribution < 1.29 is 22.4 Å². The Labute approximate surface area is 233 Å². The number of anilines is 1. The SMILES string of the molecule is O=C(c1cncs1)N1CC(c2nnc(Cc3ccc(Cl)c(Cl)c3)o2)C2(C1)CN(c1nccc(C(F)(F)F)n1)C2. The van der Waals surface area contributed by atoms with E-state index in [1.165, 1.54) is 17.5 Å². The summed E-state index contributed by atoms with van der Waals surface area (Å²) >= 11 is 13.4. The Hall–Kier alpha value is -3.29. The number of hydrogen-bond acceptors (Lipinski definition) is 9. The van der Waals surface area contributed by atoms with Crippen molar-refractivity contribution in [1.82, 2.24) is 30.0 Å². The summed E-state index contributed by atoms with van der Waals surface area (Å²) in [7, 11) is 0. The third-order valence-electron chi connectivity index (χ3n) is 6.93. The lowest BCUT2D eigenvalue weighted by Gasteiger charge is -2.50. The number of carbonyl (C=O) groups excluding carboxylic acids is 1. The summed E-state index contributed by atoms with van der Waals surface area (Å²) in [5.41, 5.74) is 0.868. The second kappa shape index (κ2) is 9.72. The first-order valence-corrected chi connectivity index (χ1v) is 13.3. The molecule has 1 aromatic carbocycles. The number of halogens is 5. The van der Waals surface area contributed by atoms with Crippen LogP contribution in [0.15, 0.2) is 46.6 Å². The molecule has 4 aromatic rings. The van der Waals surface area contributed by atoms with Crippen molar-refractivity contribution >= 4 is 46.4 Å². The zero-order chi connectivity index (χ0) is 27.4. The molecule has 1 spiro atoms. The lowest BCUT2D eigenvalue weighted by atomic mass is 9.71. The van der Waals surface area contributed by atoms with Gasteiger partial charge in [-0.25, -0.2) is 9.97 Å². The van der Waals surface area contributed by atoms with E-state index in [1.807, 2.05) is 6.07 Å². The summed E-state index contributed by atoms with van der Waals surface area (Å²) in [6, 6.07) is 6.05. The van der Waals surface area contributed by atoms with Crippen LogP contribution >= 0.6 is 34.5 Å². The van der Waals surface area contributed by atoms with Gasteiger partial charge in [-0.3, -0.25) is 9.78 Å². The molecule has 2 aliphatic rings. The molecule has 2 fully saturated rings. The molecule has 1 atom stereocenters. The third-order valence-corrected chi connectivity index (χ3v) is 8.43. The van der Waals surface area contributed by atoms with E-state index in [1.54, 1.807) is 27.4 Å². The Balaban J connectivity index is 1.26. The van der Waals surface area contributed by atoms with Crippen LogP contribution in [0.5, 0.6) is 0 Å². The zero-order valence-corrected chi connectivity index (χ0v) is 22.2. The lowest BCUT2D eigenvalue weighted by Crippen LogP contribution is -2.60. The molecular weight excluding hydrogens is 578 g/mol. The molecule has 5 heterocycles. The maximum absolute atomic E-state index is 13.2. The number of alkyl halides is 3. The van der Waals surface area contributed by atoms with Gasteiger partial charge in [0.2, 0.25) is 17.7 Å². The average Bonchev–Trinajstić information content (AvgIpc) is 3.64. The number of likely N-dealkylation sites (tertiary alicyclic amines) is 1. The molecule has 6 rings (SSSR count). The predicted molar refractivity (Wildman–Crippen MR) is 136 cm³/mol. The molecule has 9 nitrogen and oxygen atoms in total. The fraction of sp³-hybridized carbons (Fsp3) is 0.333. The van der Waals surface area contributed by atoms with E-state index < -0.39 is 17.3 Å². The minimum absolute atomic E-state index is 0.0210. The Bertz CT molecular complexity index is 1530. The van der Waals surface area contributed by atoms with Gasteiger partial charge in [0.1, 0.15) is 10.6 Å². The van der Waals surface area contributed by atoms with Crippen LogP contribution in [0.4, 0.5) is 19.1 Å². The molecule has 39 heavy (non-hydrogen) atoms. The highest BCUT2D eigenvalue weighted by Crippen LogP contribution is 2.50. The smallest absolute Gasteiger partial charge is 0.425 e. The van der Waals surface area contributed by atoms with Crippen LogP contribution in [-0.2, 0) is 12.6 Å². The van der Waals surface area contributed by atoms with Crippen LogP contribution in [0.3, 0.4) is 0 Å². The zero-order valence-electron chi connectivity index (χ0n) is 19.9. The average molecular weight is 596 g/mol. The molecule has 3 aromatic heterocycles. The van der Waals surface area contributed by atoms with Crippen molar-refractivity contribution in [2.45, 2.75) is 18.5 Å². The van der Waals surface area contributed by atoms with Crippen molar-refractivity contribution in [3.05, 3.63) is 80.1 Å². The highest BCUT2D eigenvalue weighted by Gasteiger charge is 2.58. The van der Waals surface area contributed by atoms with Crippen LogP contribution in [0.1, 0.15) is 38.6 Å². The third kappa shape index (κ3) is 4.94. The number of hydrogen-bond donors (Lipinski definition) is 0. The highest BCUT2D eigenvalue weighted by molar-refractivity contribution is 7.11. The van der Waals surface area contributed by atoms with Crippen molar-refractivity contribution in [2.75, 3.05) is 31.1 Å². The number of amides is 1. The molecule has 2 aliphatic heterocycles. The van der Waals surface area contributed by atoms with E-state index >= 15 is 0 Å². The fourth-order valence-corrected chi connectivity index (χ4v) is 5.99. The molecule has 1 unspecified atom stereocenters. The van der Waals surface area contributed by atoms with Crippen LogP contribution in [0.2, 0.25) is 10.0 Å². The van der Waals surface area contributed by atoms with E-state index in [-0.39, 0.29) is 17.8 Å². The van der Waals surface area contributed by atoms with Gasteiger partial charge in [0.25, 0.3) is 5.91 Å². The van der Waals surface area contributed by atoms with Crippen LogP contribution in [-0.4, -0.2) is 62.1 Å². The van der Waals surface area contributed by atoms with Gasteiger partial charge in [0.15, 0.2) is 0 Å². The predicted octanol–water partition coefficient (Wildman–Crippen LogP) is 4.98. The van der Waals surface area contributed by atoms with E-state index in [9.17, 15) is 18.0 Å². The Morgan fingerprint density at radius 1 is 1.15 bits per heavy atom. The van der Waals surface area contributed by atoms with Gasteiger partial charge in [0.05, 0.1) is 34.1 Å². The van der Waals surface area contributed by atoms with Gasteiger partial charge in [-0.05, 0) is 23.8 Å². The molecule has 202 valence electrons. The maximum Gasteiger partial charge on any atom is 0.433 e. The number of thiazole rings is 1. The van der Waals surface area contributed by atoms with Gasteiger partial charge in [0, 0.05) is 37.8 Å². The number of nitrogens with zero attached hydrogens (tertiary/aromatic N) is 7. The molecule has 15 heteroatoms. The standard InChI is InChI=1S/C24H18Cl2F3N7O2S/c25-15-2-1-13(5-16(15)26)6-19-33-34-20(38-19)14-8-35(21(37)17-7-30-12-39-17)9-23(14)10-36(11-23)22-31-4-3-18(32-22)24(27,28)29/h1-5,7,12,14H,6,8-11H2. The minimum atomic E-state index is -4.58. The first-order chi connectivity index (χ1) is 18.6. The molecular formula is C24H18Cl2F3N7O2S. The molecule has 0 saturated carbocycles. The number of benzene rings is 1. The summed E-state index contributed by atoms with van der Waals surface area (Å²) in [5.74, 6) is 0.180. The summed E-state index contributed by atoms with van der Waals surface area (Å²) in [5, 5.41) is 9.33. The first-order valence-electron chi connectivity index (χ1n) is 11.7. The number of aromatic nitrogens is 5. The summed E-state index contributed by atoms with van der Waals surface area (Å²) < 4.78 is 45.7. The largest absolute Gasteiger partial charge is 0.433 e. The molecule has 0 aliphatic carbocycles. The topological polar surface area (TPSA) is 101 Å². The van der Waals surface area contributed by atoms with E-state index in [0.717, 1.165) is 17.8 Å². The summed E-state index contributed by atoms with van der Waals surface area (Å²) in [6.07, 6.45) is -1.65. The Morgan fingerprint density at radius 2 is 1.97 bits per heavy atom. The first kappa shape index (κ1) is 26.0. The molecule has 1 amide bonds. The Kier molecular flexibility index (Phi) is 6.47. The molecule has 0 radical (unpaired) electrons. The minimum Gasteiger partial charge on any atom is -0.425 e. The quantitative estimate of drug-likeness (QED) is 0.318. The van der Waals surface area contributed by atoms with Crippen LogP contribution in [0.25, 0.3) is 0 Å². The summed E-state index contributed by atoms with van der Waals surface area (Å²) in [4.78, 5) is 28.8. The van der Waals surface area contributed by atoms with Crippen molar-refractivity contribution in [2.24, 2.45) is 5.41 Å². The van der Waals surface area contributed by atoms with Crippen LogP contribution < -0.4 is 4.90 Å². The van der Waals surface area contributed by atoms with Gasteiger partial charge in [-0.1, -0.05) is 29.3 Å². The molecule has 0 bridgehead atoms. The monoisotopic (exact) mass is 595 g/mol. The molecule has 2 saturated heterocycles. The maximum atomic E-state index is 13.2. The normalized spacial score (nSPS) is 18.5.